The first-order valence-electron chi connectivity index (χ1n) is 6.96. The molecule has 0 fully saturated rings. The van der Waals surface area contributed by atoms with Crippen molar-refractivity contribution < 1.29 is 4.79 Å². The minimum atomic E-state index is -0.146. The molecule has 1 amide bonds. The van der Waals surface area contributed by atoms with Gasteiger partial charge in [0.15, 0.2) is 0 Å². The molecule has 0 bridgehead atoms. The number of nitrogens with two attached hydrogens (primary N) is 1. The lowest BCUT2D eigenvalue weighted by Crippen LogP contribution is -2.17. The maximum Gasteiger partial charge on any atom is 0.272 e. The van der Waals surface area contributed by atoms with E-state index in [0.29, 0.717) is 11.4 Å². The Kier molecular flexibility index (Phi) is 4.73. The van der Waals surface area contributed by atoms with Gasteiger partial charge in [-0.25, -0.2) is 0 Å². The molecule has 0 spiro atoms. The van der Waals surface area contributed by atoms with Crippen molar-refractivity contribution in [3.63, 3.8) is 0 Å². The van der Waals surface area contributed by atoms with Crippen LogP contribution in [0, 0.1) is 13.8 Å². The summed E-state index contributed by atoms with van der Waals surface area (Å²) in [6, 6.07) is 5.74. The number of anilines is 2. The van der Waals surface area contributed by atoms with Crippen LogP contribution in [0.3, 0.4) is 0 Å². The number of benzene rings is 1. The number of hydrogen-bond donors (Lipinski definition) is 2. The van der Waals surface area contributed by atoms with Crippen molar-refractivity contribution in [3.8, 4) is 0 Å². The zero-order valence-electron chi connectivity index (χ0n) is 12.5. The molecular formula is C16H20BrN3O. The minimum Gasteiger partial charge on any atom is -0.397 e. The van der Waals surface area contributed by atoms with Crippen molar-refractivity contribution in [2.24, 2.45) is 0 Å². The molecule has 1 aromatic heterocycles. The van der Waals surface area contributed by atoms with Gasteiger partial charge < -0.3 is 15.6 Å². The van der Waals surface area contributed by atoms with Crippen molar-refractivity contribution in [3.05, 3.63) is 45.7 Å². The van der Waals surface area contributed by atoms with Gasteiger partial charge in [0.1, 0.15) is 5.69 Å². The Bertz CT molecular complexity index is 653. The van der Waals surface area contributed by atoms with E-state index in [4.69, 9.17) is 5.73 Å². The summed E-state index contributed by atoms with van der Waals surface area (Å²) >= 11 is 3.51. The molecule has 2 aromatic rings. The van der Waals surface area contributed by atoms with Gasteiger partial charge in [-0.2, -0.15) is 0 Å². The van der Waals surface area contributed by atoms with Gasteiger partial charge in [-0.1, -0.05) is 13.0 Å². The van der Waals surface area contributed by atoms with E-state index in [0.717, 1.165) is 34.3 Å². The summed E-state index contributed by atoms with van der Waals surface area (Å²) in [5.74, 6) is -0.146. The molecule has 0 atom stereocenters. The van der Waals surface area contributed by atoms with Crippen molar-refractivity contribution in [1.82, 2.24) is 4.57 Å². The Labute approximate surface area is 133 Å². The quantitative estimate of drug-likeness (QED) is 0.872. The Morgan fingerprint density at radius 3 is 2.67 bits per heavy atom. The van der Waals surface area contributed by atoms with Crippen LogP contribution in [-0.4, -0.2) is 10.5 Å². The number of halogens is 1. The second-order valence-electron chi connectivity index (χ2n) is 5.24. The number of nitrogens with one attached hydrogen (secondary N) is 1. The zero-order chi connectivity index (χ0) is 15.6. The lowest BCUT2D eigenvalue weighted by molar-refractivity contribution is 0.101. The minimum absolute atomic E-state index is 0.146. The fraction of sp³-hybridized carbons (Fsp3) is 0.312. The SMILES string of the molecule is CCCn1cc(N)cc1C(=O)Nc1c(C)cc(C)cc1Br. The van der Waals surface area contributed by atoms with Gasteiger partial charge in [-0.3, -0.25) is 4.79 Å². The molecule has 0 unspecified atom stereocenters. The standard InChI is InChI=1S/C16H20BrN3O/c1-4-5-20-9-12(18)8-14(20)16(21)19-15-11(3)6-10(2)7-13(15)17/h6-9H,4-5,18H2,1-3H3,(H,19,21). The van der Waals surface area contributed by atoms with E-state index in [2.05, 4.69) is 28.2 Å². The molecular weight excluding hydrogens is 330 g/mol. The average molecular weight is 350 g/mol. The molecule has 1 heterocycles. The van der Waals surface area contributed by atoms with E-state index in [1.54, 1.807) is 12.3 Å². The zero-order valence-corrected chi connectivity index (χ0v) is 14.1. The van der Waals surface area contributed by atoms with E-state index in [1.165, 1.54) is 0 Å². The monoisotopic (exact) mass is 349 g/mol. The smallest absolute Gasteiger partial charge is 0.272 e. The van der Waals surface area contributed by atoms with Crippen LogP contribution in [0.1, 0.15) is 35.0 Å². The van der Waals surface area contributed by atoms with E-state index in [-0.39, 0.29) is 5.91 Å². The molecule has 0 saturated carbocycles. The first-order chi connectivity index (χ1) is 9.92. The summed E-state index contributed by atoms with van der Waals surface area (Å²) < 4.78 is 2.78. The van der Waals surface area contributed by atoms with Gasteiger partial charge >= 0.3 is 0 Å². The first kappa shape index (κ1) is 15.6. The van der Waals surface area contributed by atoms with Crippen LogP contribution in [0.2, 0.25) is 0 Å². The normalized spacial score (nSPS) is 10.7. The number of nitrogens with zero attached hydrogens (tertiary/aromatic N) is 1. The number of carbonyl (C=O) groups is 1. The van der Waals surface area contributed by atoms with Crippen LogP contribution in [0.4, 0.5) is 11.4 Å². The fourth-order valence-electron chi connectivity index (χ4n) is 2.40. The molecule has 0 aliphatic rings. The number of hydrogen-bond acceptors (Lipinski definition) is 2. The Hall–Kier alpha value is -1.75. The lowest BCUT2D eigenvalue weighted by Gasteiger charge is -2.13. The number of aromatic nitrogens is 1. The third-order valence-corrected chi connectivity index (χ3v) is 3.91. The van der Waals surface area contributed by atoms with Gasteiger partial charge in [0, 0.05) is 17.2 Å². The number of rotatable bonds is 4. The van der Waals surface area contributed by atoms with Crippen molar-refractivity contribution >= 4 is 33.2 Å². The van der Waals surface area contributed by atoms with Crippen LogP contribution >= 0.6 is 15.9 Å². The van der Waals surface area contributed by atoms with Crippen LogP contribution in [0.5, 0.6) is 0 Å². The van der Waals surface area contributed by atoms with E-state index < -0.39 is 0 Å². The Morgan fingerprint density at radius 1 is 1.33 bits per heavy atom. The number of aryl methyl sites for hydroxylation is 3. The van der Waals surface area contributed by atoms with Crippen molar-refractivity contribution in [2.45, 2.75) is 33.7 Å². The largest absolute Gasteiger partial charge is 0.397 e. The molecule has 21 heavy (non-hydrogen) atoms. The molecule has 0 radical (unpaired) electrons. The molecule has 2 rings (SSSR count). The number of amides is 1. The summed E-state index contributed by atoms with van der Waals surface area (Å²) in [7, 11) is 0. The predicted molar refractivity (Wildman–Crippen MR) is 90.7 cm³/mol. The maximum atomic E-state index is 12.5. The topological polar surface area (TPSA) is 60.0 Å². The summed E-state index contributed by atoms with van der Waals surface area (Å²) in [5.41, 5.74) is 9.97. The Morgan fingerprint density at radius 2 is 2.05 bits per heavy atom. The summed E-state index contributed by atoms with van der Waals surface area (Å²) in [4.78, 5) is 12.5. The average Bonchev–Trinajstić information content (AvgIpc) is 2.75. The molecule has 3 N–H and O–H groups in total. The van der Waals surface area contributed by atoms with Crippen LogP contribution in [0.25, 0.3) is 0 Å². The highest BCUT2D eigenvalue weighted by Gasteiger charge is 2.15. The van der Waals surface area contributed by atoms with E-state index >= 15 is 0 Å². The molecule has 0 saturated heterocycles. The van der Waals surface area contributed by atoms with Crippen molar-refractivity contribution in [1.29, 1.82) is 0 Å². The Balaban J connectivity index is 2.30. The molecule has 0 aliphatic heterocycles. The lowest BCUT2D eigenvalue weighted by atomic mass is 10.1. The van der Waals surface area contributed by atoms with Crippen molar-refractivity contribution in [2.75, 3.05) is 11.1 Å². The third kappa shape index (κ3) is 3.47. The van der Waals surface area contributed by atoms with E-state index in [1.807, 2.05) is 30.5 Å². The van der Waals surface area contributed by atoms with E-state index in [9.17, 15) is 4.79 Å². The second-order valence-corrected chi connectivity index (χ2v) is 6.10. The molecule has 1 aromatic carbocycles. The molecule has 5 heteroatoms. The number of carbonyl (C=O) groups excluding carboxylic acids is 1. The molecule has 0 aliphatic carbocycles. The highest BCUT2D eigenvalue weighted by Crippen LogP contribution is 2.28. The predicted octanol–water partition coefficient (Wildman–Crippen LogP) is 4.11. The number of nitrogen functional groups attached to an aromatic ring is 1. The molecule has 4 nitrogen and oxygen atoms in total. The highest BCUT2D eigenvalue weighted by atomic mass is 79.9. The maximum absolute atomic E-state index is 12.5. The van der Waals surface area contributed by atoms with Gasteiger partial charge in [0.25, 0.3) is 5.91 Å². The summed E-state index contributed by atoms with van der Waals surface area (Å²) in [6.45, 7) is 6.84. The van der Waals surface area contributed by atoms with Gasteiger partial charge in [-0.05, 0) is 59.5 Å². The fourth-order valence-corrected chi connectivity index (χ4v) is 3.17. The first-order valence-corrected chi connectivity index (χ1v) is 7.75. The van der Waals surface area contributed by atoms with Gasteiger partial charge in [0.2, 0.25) is 0 Å². The van der Waals surface area contributed by atoms with Gasteiger partial charge in [-0.15, -0.1) is 0 Å². The highest BCUT2D eigenvalue weighted by molar-refractivity contribution is 9.10. The third-order valence-electron chi connectivity index (χ3n) is 3.29. The molecule has 112 valence electrons. The van der Waals surface area contributed by atoms with Crippen LogP contribution < -0.4 is 11.1 Å². The van der Waals surface area contributed by atoms with Crippen LogP contribution in [-0.2, 0) is 6.54 Å². The van der Waals surface area contributed by atoms with Gasteiger partial charge in [0.05, 0.1) is 11.4 Å². The second kappa shape index (κ2) is 6.35. The summed E-state index contributed by atoms with van der Waals surface area (Å²) in [5, 5.41) is 2.97. The van der Waals surface area contributed by atoms with Crippen LogP contribution in [0.15, 0.2) is 28.9 Å². The summed E-state index contributed by atoms with van der Waals surface area (Å²) in [6.07, 6.45) is 2.75.